The van der Waals surface area contributed by atoms with E-state index in [4.69, 9.17) is 16.3 Å². The van der Waals surface area contributed by atoms with Crippen LogP contribution in [-0.2, 0) is 14.8 Å². The zero-order chi connectivity index (χ0) is 13.1. The molecule has 0 saturated heterocycles. The average molecular weight is 363 g/mol. The molecule has 0 N–H and O–H groups in total. The van der Waals surface area contributed by atoms with Crippen LogP contribution in [-0.4, -0.2) is 44.9 Å². The molecule has 0 aromatic carbocycles. The van der Waals surface area contributed by atoms with Crippen molar-refractivity contribution >= 4 is 48.9 Å². The first-order valence-corrected chi connectivity index (χ1v) is 8.27. The Morgan fingerprint density at radius 1 is 1.59 bits per heavy atom. The smallest absolute Gasteiger partial charge is 0.252 e. The lowest BCUT2D eigenvalue weighted by Gasteiger charge is -2.18. The summed E-state index contributed by atoms with van der Waals surface area (Å²) in [6, 6.07) is 3.09. The summed E-state index contributed by atoms with van der Waals surface area (Å²) in [6.07, 6.45) is 0. The van der Waals surface area contributed by atoms with Crippen LogP contribution in [0, 0.1) is 0 Å². The molecule has 0 aliphatic carbocycles. The second-order valence-electron chi connectivity index (χ2n) is 3.40. The highest BCUT2D eigenvalue weighted by molar-refractivity contribution is 9.09. The number of nitrogens with zero attached hydrogens (tertiary/aromatic N) is 1. The maximum atomic E-state index is 12.1. The van der Waals surface area contributed by atoms with Crippen LogP contribution in [0.4, 0.5) is 0 Å². The summed E-state index contributed by atoms with van der Waals surface area (Å²) in [6.45, 7) is 0.788. The third kappa shape index (κ3) is 4.18. The van der Waals surface area contributed by atoms with Gasteiger partial charge in [0.1, 0.15) is 4.21 Å². The Hall–Kier alpha value is 0.340. The highest BCUT2D eigenvalue weighted by Crippen LogP contribution is 2.27. The predicted molar refractivity (Wildman–Crippen MR) is 73.7 cm³/mol. The topological polar surface area (TPSA) is 46.6 Å². The zero-order valence-electron chi connectivity index (χ0n) is 9.39. The molecular formula is C9H13BrClNO3S2. The monoisotopic (exact) mass is 361 g/mol. The fourth-order valence-corrected chi connectivity index (χ4v) is 5.00. The lowest BCUT2D eigenvalue weighted by molar-refractivity contribution is 0.195. The van der Waals surface area contributed by atoms with Crippen LogP contribution >= 0.6 is 38.9 Å². The lowest BCUT2D eigenvalue weighted by atomic mass is 10.4. The van der Waals surface area contributed by atoms with Gasteiger partial charge in [-0.05, 0) is 12.1 Å². The number of thiophene rings is 1. The van der Waals surface area contributed by atoms with Gasteiger partial charge in [0.25, 0.3) is 10.0 Å². The molecule has 0 bridgehead atoms. The molecule has 17 heavy (non-hydrogen) atoms. The molecule has 1 unspecified atom stereocenters. The normalized spacial score (nSPS) is 14.2. The van der Waals surface area contributed by atoms with Crippen molar-refractivity contribution in [1.82, 2.24) is 4.31 Å². The number of ether oxygens (including phenoxy) is 1. The summed E-state index contributed by atoms with van der Waals surface area (Å²) in [5.41, 5.74) is 0. The molecule has 0 aliphatic rings. The average Bonchev–Trinajstić information content (AvgIpc) is 2.65. The molecule has 1 rings (SSSR count). The van der Waals surface area contributed by atoms with Crippen LogP contribution in [0.5, 0.6) is 0 Å². The van der Waals surface area contributed by atoms with Crippen LogP contribution in [0.3, 0.4) is 0 Å². The van der Waals surface area contributed by atoms with Gasteiger partial charge in [0.15, 0.2) is 0 Å². The molecule has 4 nitrogen and oxygen atoms in total. The Labute approximate surface area is 119 Å². The maximum Gasteiger partial charge on any atom is 0.252 e. The predicted octanol–water partition coefficient (Wildman–Crippen LogP) is 2.43. The summed E-state index contributed by atoms with van der Waals surface area (Å²) in [5, 5.41) is 0. The highest BCUT2D eigenvalue weighted by atomic mass is 79.9. The van der Waals surface area contributed by atoms with Crippen LogP contribution in [0.1, 0.15) is 0 Å². The fraction of sp³-hybridized carbons (Fsp3) is 0.556. The number of alkyl halides is 1. The van der Waals surface area contributed by atoms with E-state index in [0.717, 1.165) is 11.3 Å². The Balaban J connectivity index is 2.77. The quantitative estimate of drug-likeness (QED) is 0.730. The SMILES string of the molecule is COCC(Br)CN(C)S(=O)(=O)c1ccc(Cl)s1. The van der Waals surface area contributed by atoms with Crippen molar-refractivity contribution in [3.05, 3.63) is 16.5 Å². The largest absolute Gasteiger partial charge is 0.383 e. The van der Waals surface area contributed by atoms with Crippen LogP contribution in [0.15, 0.2) is 16.3 Å². The van der Waals surface area contributed by atoms with Gasteiger partial charge < -0.3 is 4.74 Å². The molecule has 8 heteroatoms. The van der Waals surface area contributed by atoms with Gasteiger partial charge in [-0.15, -0.1) is 11.3 Å². The van der Waals surface area contributed by atoms with E-state index in [0.29, 0.717) is 17.5 Å². The molecule has 0 amide bonds. The molecular weight excluding hydrogens is 350 g/mol. The van der Waals surface area contributed by atoms with Gasteiger partial charge in [0.05, 0.1) is 15.8 Å². The molecule has 0 spiro atoms. The Bertz CT molecular complexity index is 463. The van der Waals surface area contributed by atoms with E-state index >= 15 is 0 Å². The van der Waals surface area contributed by atoms with Gasteiger partial charge in [0, 0.05) is 20.7 Å². The summed E-state index contributed by atoms with van der Waals surface area (Å²) in [4.78, 5) is -0.0392. The summed E-state index contributed by atoms with van der Waals surface area (Å²) >= 11 is 10.1. The highest BCUT2D eigenvalue weighted by Gasteiger charge is 2.24. The standard InChI is InChI=1S/C9H13BrClNO3S2/c1-12(5-7(10)6-15-2)17(13,14)9-4-3-8(11)16-9/h3-4,7H,5-6H2,1-2H3. The third-order valence-electron chi connectivity index (χ3n) is 2.02. The molecule has 1 atom stereocenters. The zero-order valence-corrected chi connectivity index (χ0v) is 13.4. The van der Waals surface area contributed by atoms with E-state index in [-0.39, 0.29) is 9.04 Å². The van der Waals surface area contributed by atoms with Crippen molar-refractivity contribution in [3.8, 4) is 0 Å². The van der Waals surface area contributed by atoms with Gasteiger partial charge in [-0.2, -0.15) is 4.31 Å². The maximum absolute atomic E-state index is 12.1. The molecule has 1 aromatic rings. The van der Waals surface area contributed by atoms with Crippen molar-refractivity contribution in [1.29, 1.82) is 0 Å². The molecule has 0 radical (unpaired) electrons. The van der Waals surface area contributed by atoms with Gasteiger partial charge in [0.2, 0.25) is 0 Å². The molecule has 1 aromatic heterocycles. The minimum absolute atomic E-state index is 0.0392. The molecule has 0 saturated carbocycles. The van der Waals surface area contributed by atoms with Crippen LogP contribution < -0.4 is 0 Å². The Morgan fingerprint density at radius 2 is 2.24 bits per heavy atom. The molecule has 0 aliphatic heterocycles. The second kappa shape index (κ2) is 6.49. The number of sulfonamides is 1. The lowest BCUT2D eigenvalue weighted by Crippen LogP contribution is -2.33. The first-order valence-electron chi connectivity index (χ1n) is 4.72. The van der Waals surface area contributed by atoms with Crippen molar-refractivity contribution in [3.63, 3.8) is 0 Å². The number of hydrogen-bond donors (Lipinski definition) is 0. The number of rotatable bonds is 6. The van der Waals surface area contributed by atoms with Gasteiger partial charge in [-0.1, -0.05) is 27.5 Å². The summed E-state index contributed by atoms with van der Waals surface area (Å²) in [5.74, 6) is 0. The van der Waals surface area contributed by atoms with E-state index in [2.05, 4.69) is 15.9 Å². The second-order valence-corrected chi connectivity index (χ2v) is 8.68. The van der Waals surface area contributed by atoms with E-state index in [1.165, 1.54) is 17.4 Å². The van der Waals surface area contributed by atoms with Crippen molar-refractivity contribution < 1.29 is 13.2 Å². The summed E-state index contributed by atoms with van der Waals surface area (Å²) < 4.78 is 31.1. The number of methoxy groups -OCH3 is 1. The minimum Gasteiger partial charge on any atom is -0.383 e. The third-order valence-corrected chi connectivity index (χ3v) is 6.09. The van der Waals surface area contributed by atoms with E-state index < -0.39 is 10.0 Å². The summed E-state index contributed by atoms with van der Waals surface area (Å²) in [7, 11) is -0.344. The molecule has 98 valence electrons. The first-order chi connectivity index (χ1) is 7.87. The Kier molecular flexibility index (Phi) is 5.88. The molecule has 0 fully saturated rings. The number of hydrogen-bond acceptors (Lipinski definition) is 4. The van der Waals surface area contributed by atoms with E-state index in [1.54, 1.807) is 13.2 Å². The van der Waals surface area contributed by atoms with Crippen molar-refractivity contribution in [2.45, 2.75) is 9.04 Å². The van der Waals surface area contributed by atoms with E-state index in [9.17, 15) is 8.42 Å². The molecule has 1 heterocycles. The van der Waals surface area contributed by atoms with Crippen LogP contribution in [0.25, 0.3) is 0 Å². The van der Waals surface area contributed by atoms with Crippen molar-refractivity contribution in [2.24, 2.45) is 0 Å². The number of halogens is 2. The van der Waals surface area contributed by atoms with Crippen LogP contribution in [0.2, 0.25) is 4.34 Å². The Morgan fingerprint density at radius 3 is 2.71 bits per heavy atom. The fourth-order valence-electron chi connectivity index (χ4n) is 1.20. The van der Waals surface area contributed by atoms with Gasteiger partial charge >= 0.3 is 0 Å². The minimum atomic E-state index is -3.45. The van der Waals surface area contributed by atoms with Gasteiger partial charge in [-0.3, -0.25) is 0 Å². The van der Waals surface area contributed by atoms with E-state index in [1.807, 2.05) is 0 Å². The first kappa shape index (κ1) is 15.4. The van der Waals surface area contributed by atoms with Gasteiger partial charge in [-0.25, -0.2) is 8.42 Å². The van der Waals surface area contributed by atoms with Crippen molar-refractivity contribution in [2.75, 3.05) is 27.3 Å².